The molecule has 1 atom stereocenters. The largest absolute Gasteiger partial charge is 0.378 e. The Morgan fingerprint density at radius 3 is 2.86 bits per heavy atom. The van der Waals surface area contributed by atoms with Crippen LogP contribution in [0.2, 0.25) is 0 Å². The molecular formula is C10H20N2O2. The highest BCUT2D eigenvalue weighted by atomic mass is 16.5. The van der Waals surface area contributed by atoms with Gasteiger partial charge in [-0.25, -0.2) is 0 Å². The molecule has 1 aliphatic rings. The molecule has 0 bridgehead atoms. The fraction of sp³-hybridized carbons (Fsp3) is 0.900. The molecule has 1 saturated carbocycles. The number of carbonyl (C=O) groups excluding carboxylic acids is 1. The van der Waals surface area contributed by atoms with Crippen LogP contribution in [0.3, 0.4) is 0 Å². The van der Waals surface area contributed by atoms with E-state index in [9.17, 15) is 4.79 Å². The van der Waals surface area contributed by atoms with Crippen LogP contribution >= 0.6 is 0 Å². The Bertz CT molecular complexity index is 181. The van der Waals surface area contributed by atoms with Crippen molar-refractivity contribution in [3.8, 4) is 0 Å². The monoisotopic (exact) mass is 200 g/mol. The van der Waals surface area contributed by atoms with Gasteiger partial charge >= 0.3 is 0 Å². The minimum atomic E-state index is 0.156. The van der Waals surface area contributed by atoms with E-state index >= 15 is 0 Å². The third-order valence-electron chi connectivity index (χ3n) is 2.55. The number of rotatable bonds is 7. The molecule has 0 aromatic carbocycles. The van der Waals surface area contributed by atoms with Crippen molar-refractivity contribution < 1.29 is 9.53 Å². The summed E-state index contributed by atoms with van der Waals surface area (Å²) in [5.74, 6) is 0.952. The standard InChI is InChI=1S/C10H20N2O2/c1-8(9-2-3-9)10(13)12-5-7-14-6-4-11/h8-9H,2-7,11H2,1H3,(H,12,13). The highest BCUT2D eigenvalue weighted by Gasteiger charge is 2.32. The first-order valence-electron chi connectivity index (χ1n) is 5.31. The van der Waals surface area contributed by atoms with Crippen LogP contribution < -0.4 is 11.1 Å². The predicted octanol–water partition coefficient (Wildman–Crippen LogP) is 0.124. The van der Waals surface area contributed by atoms with Gasteiger partial charge in [-0.1, -0.05) is 6.92 Å². The van der Waals surface area contributed by atoms with E-state index in [0.29, 0.717) is 32.2 Å². The summed E-state index contributed by atoms with van der Waals surface area (Å²) in [6, 6.07) is 0. The summed E-state index contributed by atoms with van der Waals surface area (Å²) < 4.78 is 5.15. The molecule has 1 unspecified atom stereocenters. The molecule has 4 nitrogen and oxygen atoms in total. The topological polar surface area (TPSA) is 64.3 Å². The third kappa shape index (κ3) is 4.07. The second kappa shape index (κ2) is 5.98. The summed E-state index contributed by atoms with van der Waals surface area (Å²) in [4.78, 5) is 11.5. The zero-order valence-corrected chi connectivity index (χ0v) is 8.79. The van der Waals surface area contributed by atoms with E-state index < -0.39 is 0 Å². The number of amides is 1. The van der Waals surface area contributed by atoms with Crippen molar-refractivity contribution in [2.75, 3.05) is 26.3 Å². The SMILES string of the molecule is CC(C(=O)NCCOCCN)C1CC1. The van der Waals surface area contributed by atoms with Crippen molar-refractivity contribution in [1.82, 2.24) is 5.32 Å². The molecule has 0 radical (unpaired) electrons. The number of hydrogen-bond acceptors (Lipinski definition) is 3. The zero-order valence-electron chi connectivity index (χ0n) is 8.79. The second-order valence-electron chi connectivity index (χ2n) is 3.82. The molecule has 0 saturated heterocycles. The first kappa shape index (κ1) is 11.5. The maximum atomic E-state index is 11.5. The molecule has 1 fully saturated rings. The zero-order chi connectivity index (χ0) is 10.4. The fourth-order valence-electron chi connectivity index (χ4n) is 1.40. The molecular weight excluding hydrogens is 180 g/mol. The van der Waals surface area contributed by atoms with Crippen LogP contribution in [-0.2, 0) is 9.53 Å². The molecule has 0 spiro atoms. The number of nitrogens with two attached hydrogens (primary N) is 1. The number of ether oxygens (including phenoxy) is 1. The Kier molecular flexibility index (Phi) is 4.90. The van der Waals surface area contributed by atoms with Gasteiger partial charge in [-0.3, -0.25) is 4.79 Å². The highest BCUT2D eigenvalue weighted by molar-refractivity contribution is 5.78. The van der Waals surface area contributed by atoms with Crippen LogP contribution in [0, 0.1) is 11.8 Å². The van der Waals surface area contributed by atoms with Gasteiger partial charge in [0.15, 0.2) is 0 Å². The van der Waals surface area contributed by atoms with Gasteiger partial charge < -0.3 is 15.8 Å². The smallest absolute Gasteiger partial charge is 0.223 e. The summed E-state index contributed by atoms with van der Waals surface area (Å²) in [6.45, 7) is 4.24. The summed E-state index contributed by atoms with van der Waals surface area (Å²) in [6.07, 6.45) is 2.41. The predicted molar refractivity (Wildman–Crippen MR) is 54.8 cm³/mol. The normalized spacial score (nSPS) is 17.9. The fourth-order valence-corrected chi connectivity index (χ4v) is 1.40. The molecule has 82 valence electrons. The minimum absolute atomic E-state index is 0.156. The van der Waals surface area contributed by atoms with E-state index in [0.717, 1.165) is 0 Å². The first-order valence-corrected chi connectivity index (χ1v) is 5.31. The van der Waals surface area contributed by atoms with Crippen molar-refractivity contribution in [1.29, 1.82) is 0 Å². The Morgan fingerprint density at radius 1 is 1.57 bits per heavy atom. The van der Waals surface area contributed by atoms with Crippen LogP contribution in [0.1, 0.15) is 19.8 Å². The highest BCUT2D eigenvalue weighted by Crippen LogP contribution is 2.36. The van der Waals surface area contributed by atoms with Crippen LogP contribution in [0.25, 0.3) is 0 Å². The van der Waals surface area contributed by atoms with Gasteiger partial charge in [-0.15, -0.1) is 0 Å². The van der Waals surface area contributed by atoms with Crippen molar-refractivity contribution >= 4 is 5.91 Å². The Morgan fingerprint density at radius 2 is 2.29 bits per heavy atom. The average Bonchev–Trinajstić information content (AvgIpc) is 2.99. The van der Waals surface area contributed by atoms with Gasteiger partial charge in [0.1, 0.15) is 0 Å². The number of carbonyl (C=O) groups is 1. The molecule has 1 rings (SSSR count). The molecule has 0 aromatic rings. The Balaban J connectivity index is 1.97. The molecule has 0 aliphatic heterocycles. The van der Waals surface area contributed by atoms with Crippen molar-refractivity contribution in [2.24, 2.45) is 17.6 Å². The van der Waals surface area contributed by atoms with Gasteiger partial charge in [0.2, 0.25) is 5.91 Å². The third-order valence-corrected chi connectivity index (χ3v) is 2.55. The van der Waals surface area contributed by atoms with Crippen molar-refractivity contribution in [3.63, 3.8) is 0 Å². The maximum absolute atomic E-state index is 11.5. The Labute approximate surface area is 85.2 Å². The summed E-state index contributed by atoms with van der Waals surface area (Å²) in [7, 11) is 0. The average molecular weight is 200 g/mol. The van der Waals surface area contributed by atoms with Gasteiger partial charge in [0.25, 0.3) is 0 Å². The summed E-state index contributed by atoms with van der Waals surface area (Å²) in [5, 5.41) is 2.86. The van der Waals surface area contributed by atoms with Gasteiger partial charge in [0.05, 0.1) is 13.2 Å². The van der Waals surface area contributed by atoms with Crippen molar-refractivity contribution in [3.05, 3.63) is 0 Å². The molecule has 1 aliphatic carbocycles. The van der Waals surface area contributed by atoms with E-state index in [1.165, 1.54) is 12.8 Å². The van der Waals surface area contributed by atoms with E-state index in [-0.39, 0.29) is 11.8 Å². The lowest BCUT2D eigenvalue weighted by Crippen LogP contribution is -2.33. The van der Waals surface area contributed by atoms with Crippen LogP contribution in [0.4, 0.5) is 0 Å². The van der Waals surface area contributed by atoms with E-state index in [1.54, 1.807) is 0 Å². The van der Waals surface area contributed by atoms with Crippen LogP contribution in [0.15, 0.2) is 0 Å². The lowest BCUT2D eigenvalue weighted by atomic mass is 10.1. The molecule has 14 heavy (non-hydrogen) atoms. The Hall–Kier alpha value is -0.610. The molecule has 0 aromatic heterocycles. The number of hydrogen-bond donors (Lipinski definition) is 2. The first-order chi connectivity index (χ1) is 6.75. The quantitative estimate of drug-likeness (QED) is 0.574. The lowest BCUT2D eigenvalue weighted by Gasteiger charge is -2.10. The minimum Gasteiger partial charge on any atom is -0.378 e. The maximum Gasteiger partial charge on any atom is 0.223 e. The molecule has 0 heterocycles. The van der Waals surface area contributed by atoms with E-state index in [1.807, 2.05) is 6.92 Å². The summed E-state index contributed by atoms with van der Waals surface area (Å²) in [5.41, 5.74) is 5.25. The van der Waals surface area contributed by atoms with E-state index in [2.05, 4.69) is 5.32 Å². The second-order valence-corrected chi connectivity index (χ2v) is 3.82. The molecule has 4 heteroatoms. The van der Waals surface area contributed by atoms with Crippen LogP contribution in [-0.4, -0.2) is 32.2 Å². The number of nitrogens with one attached hydrogen (secondary N) is 1. The lowest BCUT2D eigenvalue weighted by molar-refractivity contribution is -0.125. The van der Waals surface area contributed by atoms with Crippen LogP contribution in [0.5, 0.6) is 0 Å². The summed E-state index contributed by atoms with van der Waals surface area (Å²) >= 11 is 0. The molecule has 1 amide bonds. The van der Waals surface area contributed by atoms with E-state index in [4.69, 9.17) is 10.5 Å². The molecule has 3 N–H and O–H groups in total. The van der Waals surface area contributed by atoms with Gasteiger partial charge in [0, 0.05) is 19.0 Å². The van der Waals surface area contributed by atoms with Gasteiger partial charge in [-0.05, 0) is 18.8 Å². The van der Waals surface area contributed by atoms with Gasteiger partial charge in [-0.2, -0.15) is 0 Å². The van der Waals surface area contributed by atoms with Crippen molar-refractivity contribution in [2.45, 2.75) is 19.8 Å².